The van der Waals surface area contributed by atoms with Crippen LogP contribution in [0.3, 0.4) is 0 Å². The Labute approximate surface area is 536 Å². The molecule has 4 nitrogen and oxygen atoms in total. The molecule has 0 radical (unpaired) electrons. The molecule has 4 heteroatoms. The summed E-state index contributed by atoms with van der Waals surface area (Å²) in [4.78, 5) is 18.2. The molecule has 18 rings (SSSR count). The summed E-state index contributed by atoms with van der Waals surface area (Å²) in [5, 5.41) is 20.1. The molecule has 438 valence electrons. The molecule has 0 fully saturated rings. The largest absolute Gasteiger partial charge is 0.256 e. The van der Waals surface area contributed by atoms with E-state index in [0.29, 0.717) is 0 Å². The Balaban J connectivity index is 0.000000144. The molecule has 0 amide bonds. The Morgan fingerprint density at radius 2 is 0.522 bits per heavy atom. The van der Waals surface area contributed by atoms with Gasteiger partial charge in [0.25, 0.3) is 0 Å². The van der Waals surface area contributed by atoms with Gasteiger partial charge in [0, 0.05) is 51.9 Å². The summed E-state index contributed by atoms with van der Waals surface area (Å²) in [6.07, 6.45) is 11.0. The van der Waals surface area contributed by atoms with E-state index in [1.807, 2.05) is 76.7 Å². The molecule has 0 atom stereocenters. The van der Waals surface area contributed by atoms with E-state index < -0.39 is 0 Å². The van der Waals surface area contributed by atoms with Crippen molar-refractivity contribution in [2.24, 2.45) is 0 Å². The van der Waals surface area contributed by atoms with Crippen LogP contribution in [-0.2, 0) is 0 Å². The van der Waals surface area contributed by atoms with Crippen molar-refractivity contribution in [2.45, 2.75) is 27.7 Å². The van der Waals surface area contributed by atoms with Gasteiger partial charge in [0.1, 0.15) is 0 Å². The molecule has 0 aliphatic heterocycles. The van der Waals surface area contributed by atoms with Crippen LogP contribution in [0.5, 0.6) is 0 Å². The van der Waals surface area contributed by atoms with Gasteiger partial charge < -0.3 is 0 Å². The highest BCUT2D eigenvalue weighted by Gasteiger charge is 2.18. The third-order valence-corrected chi connectivity index (χ3v) is 17.4. The van der Waals surface area contributed by atoms with Gasteiger partial charge in [-0.2, -0.15) is 0 Å². The number of hydrogen-bond acceptors (Lipinski definition) is 4. The Morgan fingerprint density at radius 1 is 0.239 bits per heavy atom. The van der Waals surface area contributed by atoms with Crippen LogP contribution in [0.1, 0.15) is 27.7 Å². The SMILES string of the molecule is C=CC.C=CC.CC.c1cc(-c2ccc3ncccc3c2)cc(-c2ccc3ccc4c(-c5ccc6ncccc6c5)ccc5ccc2c3c54)c1.c1cc(-c2cnc3ccccc3c2)cc(-c2ccc3ccc4c(-c5ccc6ncccc6c5)ccc5ccc2c3c54)c1. The van der Waals surface area contributed by atoms with Crippen molar-refractivity contribution in [3.63, 3.8) is 0 Å². The van der Waals surface area contributed by atoms with Gasteiger partial charge in [-0.3, -0.25) is 19.9 Å². The van der Waals surface area contributed by atoms with Gasteiger partial charge >= 0.3 is 0 Å². The quantitative estimate of drug-likeness (QED) is 0.123. The number of benzene rings is 14. The van der Waals surface area contributed by atoms with E-state index in [1.165, 1.54) is 126 Å². The summed E-state index contributed by atoms with van der Waals surface area (Å²) < 4.78 is 0. The number of nitrogens with zero attached hydrogens (tertiary/aromatic N) is 4. The average Bonchev–Trinajstić information content (AvgIpc) is 0.738. The van der Waals surface area contributed by atoms with Crippen molar-refractivity contribution in [3.05, 3.63) is 317 Å². The van der Waals surface area contributed by atoms with Crippen LogP contribution in [0.4, 0.5) is 0 Å². The highest BCUT2D eigenvalue weighted by molar-refractivity contribution is 6.29. The van der Waals surface area contributed by atoms with E-state index in [1.54, 1.807) is 12.2 Å². The molecule has 4 aromatic heterocycles. The summed E-state index contributed by atoms with van der Waals surface area (Å²) >= 11 is 0. The summed E-state index contributed by atoms with van der Waals surface area (Å²) in [5.74, 6) is 0. The first-order chi connectivity index (χ1) is 45.4. The van der Waals surface area contributed by atoms with Crippen LogP contribution in [0.25, 0.3) is 175 Å². The van der Waals surface area contributed by atoms with Crippen molar-refractivity contribution in [1.29, 1.82) is 0 Å². The lowest BCUT2D eigenvalue weighted by Crippen LogP contribution is -1.90. The lowest BCUT2D eigenvalue weighted by Gasteiger charge is -2.17. The maximum Gasteiger partial charge on any atom is 0.0702 e. The molecule has 0 saturated heterocycles. The number of pyridine rings is 4. The van der Waals surface area contributed by atoms with E-state index in [0.717, 1.165) is 49.2 Å². The lowest BCUT2D eigenvalue weighted by molar-refractivity contribution is 1.41. The molecule has 0 bridgehead atoms. The Bertz CT molecular complexity index is 5410. The number of allylic oxidation sites excluding steroid dienone is 2. The normalized spacial score (nSPS) is 11.1. The van der Waals surface area contributed by atoms with Gasteiger partial charge in [0.2, 0.25) is 0 Å². The molecule has 92 heavy (non-hydrogen) atoms. The zero-order valence-electron chi connectivity index (χ0n) is 52.1. The summed E-state index contributed by atoms with van der Waals surface area (Å²) in [7, 11) is 0. The average molecular weight is 1180 g/mol. The van der Waals surface area contributed by atoms with Gasteiger partial charge in [-0.15, -0.1) is 13.2 Å². The molecule has 14 aromatic carbocycles. The van der Waals surface area contributed by atoms with Gasteiger partial charge in [-0.1, -0.05) is 214 Å². The molecule has 4 heterocycles. The lowest BCUT2D eigenvalue weighted by atomic mass is 9.87. The first kappa shape index (κ1) is 58.0. The van der Waals surface area contributed by atoms with Gasteiger partial charge in [-0.25, -0.2) is 0 Å². The number of aromatic nitrogens is 4. The number of hydrogen-bond donors (Lipinski definition) is 0. The molecule has 0 N–H and O–H groups in total. The van der Waals surface area contributed by atoms with E-state index in [2.05, 4.69) is 271 Å². The van der Waals surface area contributed by atoms with Gasteiger partial charge in [0.05, 0.1) is 22.1 Å². The van der Waals surface area contributed by atoms with E-state index in [4.69, 9.17) is 4.98 Å². The van der Waals surface area contributed by atoms with Crippen LogP contribution >= 0.6 is 0 Å². The maximum absolute atomic E-state index is 4.71. The summed E-state index contributed by atoms with van der Waals surface area (Å²) in [6.45, 7) is 14.5. The second kappa shape index (κ2) is 25.4. The smallest absolute Gasteiger partial charge is 0.0702 e. The zero-order valence-corrected chi connectivity index (χ0v) is 52.1. The monoisotopic (exact) mass is 1180 g/mol. The first-order valence-corrected chi connectivity index (χ1v) is 31.6. The minimum absolute atomic E-state index is 1.02. The Hall–Kier alpha value is -11.7. The van der Waals surface area contributed by atoms with Gasteiger partial charge in [-0.05, 0) is 219 Å². The molecule has 0 spiro atoms. The molecule has 0 aliphatic carbocycles. The maximum atomic E-state index is 4.71. The van der Waals surface area contributed by atoms with Crippen LogP contribution in [0, 0.1) is 0 Å². The Morgan fingerprint density at radius 3 is 0.924 bits per heavy atom. The van der Waals surface area contributed by atoms with Gasteiger partial charge in [0.15, 0.2) is 0 Å². The number of fused-ring (bicyclic) bond motifs is 4. The fourth-order valence-corrected chi connectivity index (χ4v) is 13.3. The van der Waals surface area contributed by atoms with Crippen molar-refractivity contribution >= 4 is 108 Å². The third kappa shape index (κ3) is 10.8. The van der Waals surface area contributed by atoms with E-state index >= 15 is 0 Å². The molecule has 0 unspecified atom stereocenters. The predicted octanol–water partition coefficient (Wildman–Crippen LogP) is 24.8. The minimum atomic E-state index is 1.02. The van der Waals surface area contributed by atoms with E-state index in [-0.39, 0.29) is 0 Å². The molecule has 0 saturated carbocycles. The topological polar surface area (TPSA) is 51.6 Å². The van der Waals surface area contributed by atoms with E-state index in [9.17, 15) is 0 Å². The summed E-state index contributed by atoms with van der Waals surface area (Å²) in [5.41, 5.74) is 18.6. The fraction of sp³-hybridized carbons (Fsp3) is 0.0455. The van der Waals surface area contributed by atoms with Crippen molar-refractivity contribution in [3.8, 4) is 66.8 Å². The van der Waals surface area contributed by atoms with Crippen molar-refractivity contribution < 1.29 is 0 Å². The zero-order chi connectivity index (χ0) is 62.7. The molecular weight excluding hydrogens is 1110 g/mol. The predicted molar refractivity (Wildman–Crippen MR) is 397 cm³/mol. The van der Waals surface area contributed by atoms with Crippen molar-refractivity contribution in [1.82, 2.24) is 19.9 Å². The molecule has 18 aromatic rings. The third-order valence-electron chi connectivity index (χ3n) is 17.4. The Kier molecular flexibility index (Phi) is 16.0. The summed E-state index contributed by atoms with van der Waals surface area (Å²) in [6, 6.07) is 96.8. The van der Waals surface area contributed by atoms with Crippen LogP contribution in [-0.4, -0.2) is 19.9 Å². The highest BCUT2D eigenvalue weighted by atomic mass is 14.7. The second-order valence-corrected chi connectivity index (χ2v) is 22.9. The van der Waals surface area contributed by atoms with Crippen molar-refractivity contribution in [2.75, 3.05) is 0 Å². The van der Waals surface area contributed by atoms with Crippen LogP contribution in [0.15, 0.2) is 317 Å². The highest BCUT2D eigenvalue weighted by Crippen LogP contribution is 2.45. The van der Waals surface area contributed by atoms with Crippen LogP contribution in [0.2, 0.25) is 0 Å². The standard InChI is InChI=1S/2C40H24N2.2C3H6.C2H6/c1-4-27(28-12-18-37-31(23-28)6-2-20-41-37)22-29(5-1)33-14-8-25-11-17-36-34(15-9-26-10-16-35(33)39(25)40(26)36)30-13-19-38-32(24-30)7-3-21-42-38;1-2-9-37-30(5-1)23-32(24-42-37)27-6-3-7-28(21-27)33-15-10-25-13-18-36-34(16-11-26-12-17-35(33)39(25)40(26)36)29-14-19-38-31(22-29)8-4-20-41-38;2*1-3-2;1-2/h2*1-24H;2*3H,1H2,2H3;1-2H3. The second-order valence-electron chi connectivity index (χ2n) is 22.9. The molecule has 0 aliphatic rings. The molecular formula is C88H66N4. The van der Waals surface area contributed by atoms with Crippen LogP contribution < -0.4 is 0 Å². The number of rotatable bonds is 6. The fourth-order valence-electron chi connectivity index (χ4n) is 13.3. The first-order valence-electron chi connectivity index (χ1n) is 31.6. The minimum Gasteiger partial charge on any atom is -0.256 e. The number of para-hydroxylation sites is 1.